The molecular weight excluding hydrogens is 518 g/mol. The van der Waals surface area contributed by atoms with E-state index in [1.807, 2.05) is 78.9 Å². The monoisotopic (exact) mass is 551 g/mol. The molecule has 4 aromatic rings. The van der Waals surface area contributed by atoms with Crippen LogP contribution in [0.1, 0.15) is 24.5 Å². The number of aliphatic imine (C=N–C) groups is 1. The molecule has 1 aliphatic heterocycles. The van der Waals surface area contributed by atoms with Crippen LogP contribution in [0, 0.1) is 0 Å². The van der Waals surface area contributed by atoms with Crippen LogP contribution in [0.5, 0.6) is 28.7 Å². The number of anilines is 1. The number of hydrogen-bond acceptors (Lipinski definition) is 7. The van der Waals surface area contributed by atoms with Crippen molar-refractivity contribution in [2.24, 2.45) is 10.7 Å². The van der Waals surface area contributed by atoms with Gasteiger partial charge in [-0.2, -0.15) is 0 Å². The maximum atomic E-state index is 11.8. The molecule has 3 N–H and O–H groups in total. The zero-order valence-electron chi connectivity index (χ0n) is 23.1. The maximum absolute atomic E-state index is 11.8. The summed E-state index contributed by atoms with van der Waals surface area (Å²) in [6.45, 7) is 3.27. The predicted molar refractivity (Wildman–Crippen MR) is 159 cm³/mol. The SMILES string of the molecule is COc1ccc(CNc2nccc(Oc3ccc(Oc4ccccc4)cc3)c2C(N)=N[C@@H]2CCN(C(C)=O)C2)cc1. The summed E-state index contributed by atoms with van der Waals surface area (Å²) in [6.07, 6.45) is 2.41. The van der Waals surface area contributed by atoms with Crippen molar-refractivity contribution >= 4 is 17.6 Å². The van der Waals surface area contributed by atoms with Gasteiger partial charge in [0.05, 0.1) is 13.2 Å². The number of carbonyl (C=O) groups is 1. The van der Waals surface area contributed by atoms with Gasteiger partial charge in [-0.3, -0.25) is 9.79 Å². The first kappa shape index (κ1) is 27.5. The molecule has 0 bridgehead atoms. The minimum absolute atomic E-state index is 0.0354. The van der Waals surface area contributed by atoms with E-state index in [2.05, 4.69) is 10.3 Å². The summed E-state index contributed by atoms with van der Waals surface area (Å²) in [5, 5.41) is 3.39. The second-order valence-corrected chi connectivity index (χ2v) is 9.64. The van der Waals surface area contributed by atoms with Crippen LogP contribution in [0.2, 0.25) is 0 Å². The summed E-state index contributed by atoms with van der Waals surface area (Å²) < 4.78 is 17.5. The predicted octanol–water partition coefficient (Wildman–Crippen LogP) is 5.61. The van der Waals surface area contributed by atoms with Gasteiger partial charge in [-0.25, -0.2) is 4.98 Å². The highest BCUT2D eigenvalue weighted by molar-refractivity contribution is 6.04. The maximum Gasteiger partial charge on any atom is 0.219 e. The lowest BCUT2D eigenvalue weighted by molar-refractivity contribution is -0.127. The Labute approximate surface area is 239 Å². The van der Waals surface area contributed by atoms with E-state index in [0.717, 1.165) is 23.5 Å². The third-order valence-electron chi connectivity index (χ3n) is 6.75. The molecule has 1 saturated heterocycles. The smallest absolute Gasteiger partial charge is 0.219 e. The number of nitrogens with two attached hydrogens (primary N) is 1. The first-order valence-corrected chi connectivity index (χ1v) is 13.4. The Kier molecular flexibility index (Phi) is 8.64. The summed E-state index contributed by atoms with van der Waals surface area (Å²) in [5.41, 5.74) is 8.22. The number of nitrogens with one attached hydrogen (secondary N) is 1. The molecule has 0 aliphatic carbocycles. The number of nitrogens with zero attached hydrogens (tertiary/aromatic N) is 3. The summed E-state index contributed by atoms with van der Waals surface area (Å²) in [6, 6.07) is 26.4. The molecule has 1 aromatic heterocycles. The standard InChI is InChI=1S/C32H33N5O4/c1-22(38)37-19-17-24(21-37)36-31(33)30-29(16-18-34-32(30)35-20-23-8-10-25(39-2)11-9-23)41-28-14-12-27(13-15-28)40-26-6-4-3-5-7-26/h3-16,18,24H,17,19-21H2,1-2H3,(H2,33,36)(H,34,35)/t24-/m1/s1. The Morgan fingerprint density at radius 3 is 2.27 bits per heavy atom. The average Bonchev–Trinajstić information content (AvgIpc) is 3.47. The molecule has 2 heterocycles. The van der Waals surface area contributed by atoms with Gasteiger partial charge in [0.2, 0.25) is 5.91 Å². The molecule has 3 aromatic carbocycles. The molecule has 41 heavy (non-hydrogen) atoms. The van der Waals surface area contributed by atoms with Gasteiger partial charge in [0.15, 0.2) is 0 Å². The molecule has 0 radical (unpaired) electrons. The fourth-order valence-electron chi connectivity index (χ4n) is 4.56. The molecule has 9 nitrogen and oxygen atoms in total. The summed E-state index contributed by atoms with van der Waals surface area (Å²) >= 11 is 0. The van der Waals surface area contributed by atoms with Crippen LogP contribution in [-0.4, -0.2) is 47.9 Å². The molecule has 0 saturated carbocycles. The third kappa shape index (κ3) is 7.13. The number of hydrogen-bond donors (Lipinski definition) is 2. The fraction of sp³-hybridized carbons (Fsp3) is 0.219. The van der Waals surface area contributed by atoms with Gasteiger partial charge in [-0.15, -0.1) is 0 Å². The number of para-hydroxylation sites is 1. The average molecular weight is 552 g/mol. The zero-order valence-corrected chi connectivity index (χ0v) is 23.1. The molecule has 0 spiro atoms. The highest BCUT2D eigenvalue weighted by Crippen LogP contribution is 2.32. The van der Waals surface area contributed by atoms with E-state index in [1.54, 1.807) is 31.2 Å². The molecule has 210 valence electrons. The molecular formula is C32H33N5O4. The summed E-state index contributed by atoms with van der Waals surface area (Å²) in [7, 11) is 1.64. The van der Waals surface area contributed by atoms with E-state index in [9.17, 15) is 4.79 Å². The lowest BCUT2D eigenvalue weighted by Crippen LogP contribution is -2.27. The van der Waals surface area contributed by atoms with E-state index < -0.39 is 0 Å². The van der Waals surface area contributed by atoms with Crippen molar-refractivity contribution in [2.75, 3.05) is 25.5 Å². The van der Waals surface area contributed by atoms with Crippen molar-refractivity contribution in [3.05, 3.63) is 102 Å². The van der Waals surface area contributed by atoms with Crippen LogP contribution in [0.15, 0.2) is 96.1 Å². The number of amidine groups is 1. The fourth-order valence-corrected chi connectivity index (χ4v) is 4.56. The van der Waals surface area contributed by atoms with Crippen molar-refractivity contribution in [1.82, 2.24) is 9.88 Å². The highest BCUT2D eigenvalue weighted by Gasteiger charge is 2.25. The Morgan fingerprint density at radius 2 is 1.61 bits per heavy atom. The molecule has 0 unspecified atom stereocenters. The molecule has 1 fully saturated rings. The normalized spacial score (nSPS) is 14.9. The first-order valence-electron chi connectivity index (χ1n) is 13.4. The van der Waals surface area contributed by atoms with Crippen LogP contribution in [-0.2, 0) is 11.3 Å². The zero-order chi connectivity index (χ0) is 28.6. The summed E-state index contributed by atoms with van der Waals surface area (Å²) in [5.74, 6) is 4.23. The van der Waals surface area contributed by atoms with Crippen LogP contribution < -0.4 is 25.3 Å². The second kappa shape index (κ2) is 12.9. The number of aromatic nitrogens is 1. The highest BCUT2D eigenvalue weighted by atomic mass is 16.5. The molecule has 1 amide bonds. The van der Waals surface area contributed by atoms with Crippen molar-refractivity contribution in [2.45, 2.75) is 25.9 Å². The number of amides is 1. The second-order valence-electron chi connectivity index (χ2n) is 9.64. The van der Waals surface area contributed by atoms with Gasteiger partial charge >= 0.3 is 0 Å². The van der Waals surface area contributed by atoms with Crippen LogP contribution in [0.3, 0.4) is 0 Å². The van der Waals surface area contributed by atoms with E-state index >= 15 is 0 Å². The third-order valence-corrected chi connectivity index (χ3v) is 6.75. The summed E-state index contributed by atoms with van der Waals surface area (Å²) in [4.78, 5) is 23.0. The number of ether oxygens (including phenoxy) is 3. The Hall–Kier alpha value is -5.05. The molecule has 1 atom stereocenters. The number of carbonyl (C=O) groups excluding carboxylic acids is 1. The topological polar surface area (TPSA) is 111 Å². The van der Waals surface area contributed by atoms with Gasteiger partial charge in [0.1, 0.15) is 46.0 Å². The van der Waals surface area contributed by atoms with Crippen LogP contribution in [0.4, 0.5) is 5.82 Å². The van der Waals surface area contributed by atoms with Crippen molar-refractivity contribution in [3.63, 3.8) is 0 Å². The number of pyridine rings is 1. The van der Waals surface area contributed by atoms with E-state index in [4.69, 9.17) is 24.9 Å². The van der Waals surface area contributed by atoms with E-state index in [0.29, 0.717) is 54.1 Å². The van der Waals surface area contributed by atoms with E-state index in [1.165, 1.54) is 0 Å². The van der Waals surface area contributed by atoms with E-state index in [-0.39, 0.29) is 11.9 Å². The van der Waals surface area contributed by atoms with Gasteiger partial charge in [0, 0.05) is 38.8 Å². The Morgan fingerprint density at radius 1 is 0.951 bits per heavy atom. The number of rotatable bonds is 10. The molecule has 1 aliphatic rings. The van der Waals surface area contributed by atoms with Crippen LogP contribution in [0.25, 0.3) is 0 Å². The lowest BCUT2D eigenvalue weighted by atomic mass is 10.1. The molecule has 9 heteroatoms. The quantitative estimate of drug-likeness (QED) is 0.195. The van der Waals surface area contributed by atoms with Gasteiger partial charge in [-0.1, -0.05) is 30.3 Å². The number of likely N-dealkylation sites (tertiary alicyclic amines) is 1. The van der Waals surface area contributed by atoms with Gasteiger partial charge in [0.25, 0.3) is 0 Å². The van der Waals surface area contributed by atoms with Crippen molar-refractivity contribution < 1.29 is 19.0 Å². The lowest BCUT2D eigenvalue weighted by Gasteiger charge is -2.17. The Bertz CT molecular complexity index is 1490. The molecule has 5 rings (SSSR count). The Balaban J connectivity index is 1.39. The first-order chi connectivity index (χ1) is 20.0. The number of benzene rings is 3. The van der Waals surface area contributed by atoms with Crippen LogP contribution >= 0.6 is 0 Å². The van der Waals surface area contributed by atoms with Crippen molar-refractivity contribution in [3.8, 4) is 28.7 Å². The largest absolute Gasteiger partial charge is 0.497 e. The van der Waals surface area contributed by atoms with Gasteiger partial charge in [-0.05, 0) is 60.5 Å². The van der Waals surface area contributed by atoms with Gasteiger partial charge < -0.3 is 30.2 Å². The minimum atomic E-state index is -0.101. The van der Waals surface area contributed by atoms with Crippen molar-refractivity contribution in [1.29, 1.82) is 0 Å². The minimum Gasteiger partial charge on any atom is -0.497 e. The number of methoxy groups -OCH3 is 1.